The molecule has 0 unspecified atom stereocenters. The average Bonchev–Trinajstić information content (AvgIpc) is 2.68. The molecule has 2 saturated heterocycles. The van der Waals surface area contributed by atoms with E-state index in [1.165, 1.54) is 0 Å². The van der Waals surface area contributed by atoms with Gasteiger partial charge in [0.15, 0.2) is 0 Å². The Balaban J connectivity index is 1.55. The molecule has 1 aromatic heterocycles. The summed E-state index contributed by atoms with van der Waals surface area (Å²) in [6.45, 7) is 7.19. The number of morpholine rings is 1. The highest BCUT2D eigenvalue weighted by molar-refractivity contribution is 5.92. The molecule has 2 amide bonds. The SMILES string of the molecule is CCOC(=O)N1CCN(C(=O)c2ccc(N3CCOCC3)cn2)CC1. The van der Waals surface area contributed by atoms with Crippen molar-refractivity contribution in [3.05, 3.63) is 24.0 Å². The van der Waals surface area contributed by atoms with Crippen molar-refractivity contribution in [1.82, 2.24) is 14.8 Å². The molecule has 8 nitrogen and oxygen atoms in total. The summed E-state index contributed by atoms with van der Waals surface area (Å²) in [5.74, 6) is -0.1000. The van der Waals surface area contributed by atoms with Gasteiger partial charge in [-0.3, -0.25) is 4.79 Å². The van der Waals surface area contributed by atoms with Crippen molar-refractivity contribution in [3.63, 3.8) is 0 Å². The van der Waals surface area contributed by atoms with E-state index in [0.717, 1.165) is 18.8 Å². The van der Waals surface area contributed by atoms with Crippen LogP contribution in [0.3, 0.4) is 0 Å². The van der Waals surface area contributed by atoms with E-state index < -0.39 is 0 Å². The van der Waals surface area contributed by atoms with Gasteiger partial charge in [0.2, 0.25) is 0 Å². The smallest absolute Gasteiger partial charge is 0.409 e. The molecule has 2 fully saturated rings. The zero-order valence-corrected chi connectivity index (χ0v) is 14.5. The molecule has 0 aliphatic carbocycles. The summed E-state index contributed by atoms with van der Waals surface area (Å²) < 4.78 is 10.3. The maximum atomic E-state index is 12.6. The Labute approximate surface area is 147 Å². The van der Waals surface area contributed by atoms with Crippen LogP contribution < -0.4 is 4.90 Å². The Kier molecular flexibility index (Phi) is 5.70. The maximum absolute atomic E-state index is 12.6. The first-order chi connectivity index (χ1) is 12.2. The second-order valence-corrected chi connectivity index (χ2v) is 5.98. The summed E-state index contributed by atoms with van der Waals surface area (Å²) in [4.78, 5) is 34.2. The highest BCUT2D eigenvalue weighted by Crippen LogP contribution is 2.16. The Morgan fingerprint density at radius 3 is 2.36 bits per heavy atom. The van der Waals surface area contributed by atoms with Gasteiger partial charge < -0.3 is 24.2 Å². The van der Waals surface area contributed by atoms with Crippen molar-refractivity contribution in [1.29, 1.82) is 0 Å². The quantitative estimate of drug-likeness (QED) is 0.806. The van der Waals surface area contributed by atoms with E-state index in [4.69, 9.17) is 9.47 Å². The molecule has 136 valence electrons. The summed E-state index contributed by atoms with van der Waals surface area (Å²) in [6.07, 6.45) is 1.43. The third kappa shape index (κ3) is 4.19. The first-order valence-corrected chi connectivity index (χ1v) is 8.68. The first-order valence-electron chi connectivity index (χ1n) is 8.68. The molecule has 0 aromatic carbocycles. The van der Waals surface area contributed by atoms with Crippen LogP contribution in [0.4, 0.5) is 10.5 Å². The van der Waals surface area contributed by atoms with Crippen molar-refractivity contribution in [3.8, 4) is 0 Å². The fraction of sp³-hybridized carbons (Fsp3) is 0.588. The monoisotopic (exact) mass is 348 g/mol. The van der Waals surface area contributed by atoms with E-state index in [0.29, 0.717) is 51.7 Å². The van der Waals surface area contributed by atoms with Gasteiger partial charge in [-0.25, -0.2) is 9.78 Å². The number of rotatable bonds is 3. The molecule has 0 bridgehead atoms. The molecule has 0 radical (unpaired) electrons. The number of nitrogens with zero attached hydrogens (tertiary/aromatic N) is 4. The van der Waals surface area contributed by atoms with Crippen LogP contribution in [0, 0.1) is 0 Å². The standard InChI is InChI=1S/C17H24N4O4/c1-2-25-17(23)21-7-5-20(6-8-21)16(22)15-4-3-14(13-18-15)19-9-11-24-12-10-19/h3-4,13H,2,5-12H2,1H3. The minimum atomic E-state index is -0.317. The Morgan fingerprint density at radius 2 is 1.76 bits per heavy atom. The molecular weight excluding hydrogens is 324 g/mol. The Morgan fingerprint density at radius 1 is 1.08 bits per heavy atom. The van der Waals surface area contributed by atoms with Crippen LogP contribution in [0.25, 0.3) is 0 Å². The number of anilines is 1. The van der Waals surface area contributed by atoms with Crippen LogP contribution >= 0.6 is 0 Å². The van der Waals surface area contributed by atoms with Crippen molar-refractivity contribution in [2.24, 2.45) is 0 Å². The number of amides is 2. The van der Waals surface area contributed by atoms with E-state index >= 15 is 0 Å². The van der Waals surface area contributed by atoms with Gasteiger partial charge in [-0.15, -0.1) is 0 Å². The number of pyridine rings is 1. The maximum Gasteiger partial charge on any atom is 0.409 e. The molecule has 3 rings (SSSR count). The number of piperazine rings is 1. The fourth-order valence-corrected chi connectivity index (χ4v) is 2.99. The summed E-state index contributed by atoms with van der Waals surface area (Å²) in [6, 6.07) is 3.70. The molecule has 0 N–H and O–H groups in total. The van der Waals surface area contributed by atoms with Crippen LogP contribution in [-0.2, 0) is 9.47 Å². The van der Waals surface area contributed by atoms with Crippen LogP contribution in [0.1, 0.15) is 17.4 Å². The van der Waals surface area contributed by atoms with Gasteiger partial charge in [0.25, 0.3) is 5.91 Å². The van der Waals surface area contributed by atoms with Crippen LogP contribution in [0.2, 0.25) is 0 Å². The second kappa shape index (κ2) is 8.15. The number of ether oxygens (including phenoxy) is 2. The van der Waals surface area contributed by atoms with Crippen molar-refractivity contribution >= 4 is 17.7 Å². The lowest BCUT2D eigenvalue weighted by atomic mass is 10.2. The van der Waals surface area contributed by atoms with Gasteiger partial charge in [-0.2, -0.15) is 0 Å². The molecule has 2 aliphatic rings. The number of carbonyl (C=O) groups excluding carboxylic acids is 2. The third-order valence-electron chi connectivity index (χ3n) is 4.44. The molecule has 25 heavy (non-hydrogen) atoms. The van der Waals surface area contributed by atoms with Crippen LogP contribution in [0.5, 0.6) is 0 Å². The summed E-state index contributed by atoms with van der Waals surface area (Å²) >= 11 is 0. The average molecular weight is 348 g/mol. The minimum absolute atomic E-state index is 0.1000. The van der Waals surface area contributed by atoms with Gasteiger partial charge in [-0.1, -0.05) is 0 Å². The van der Waals surface area contributed by atoms with Crippen LogP contribution in [-0.4, -0.2) is 85.9 Å². The van der Waals surface area contributed by atoms with E-state index in [-0.39, 0.29) is 12.0 Å². The predicted molar refractivity (Wildman–Crippen MR) is 91.8 cm³/mol. The third-order valence-corrected chi connectivity index (χ3v) is 4.44. The van der Waals surface area contributed by atoms with Crippen LogP contribution in [0.15, 0.2) is 18.3 Å². The van der Waals surface area contributed by atoms with Gasteiger partial charge in [0.05, 0.1) is 31.7 Å². The summed E-state index contributed by atoms with van der Waals surface area (Å²) in [5.41, 5.74) is 1.44. The molecular formula is C17H24N4O4. The zero-order chi connectivity index (χ0) is 17.6. The molecule has 0 atom stereocenters. The zero-order valence-electron chi connectivity index (χ0n) is 14.5. The topological polar surface area (TPSA) is 75.2 Å². The lowest BCUT2D eigenvalue weighted by Crippen LogP contribution is -2.50. The summed E-state index contributed by atoms with van der Waals surface area (Å²) in [7, 11) is 0. The largest absolute Gasteiger partial charge is 0.450 e. The lowest BCUT2D eigenvalue weighted by Gasteiger charge is -2.34. The fourth-order valence-electron chi connectivity index (χ4n) is 2.99. The lowest BCUT2D eigenvalue weighted by molar-refractivity contribution is 0.0566. The molecule has 8 heteroatoms. The number of hydrogen-bond acceptors (Lipinski definition) is 6. The van der Waals surface area contributed by atoms with Crippen molar-refractivity contribution in [2.75, 3.05) is 64.0 Å². The Bertz CT molecular complexity index is 593. The number of hydrogen-bond donors (Lipinski definition) is 0. The summed E-state index contributed by atoms with van der Waals surface area (Å²) in [5, 5.41) is 0. The highest BCUT2D eigenvalue weighted by atomic mass is 16.6. The molecule has 3 heterocycles. The second-order valence-electron chi connectivity index (χ2n) is 5.98. The molecule has 0 saturated carbocycles. The van der Waals surface area contributed by atoms with Gasteiger partial charge >= 0.3 is 6.09 Å². The predicted octanol–water partition coefficient (Wildman–Crippen LogP) is 0.833. The van der Waals surface area contributed by atoms with Crippen molar-refractivity contribution < 1.29 is 19.1 Å². The van der Waals surface area contributed by atoms with Gasteiger partial charge in [0.1, 0.15) is 5.69 Å². The van der Waals surface area contributed by atoms with E-state index in [1.54, 1.807) is 29.0 Å². The molecule has 2 aliphatic heterocycles. The van der Waals surface area contributed by atoms with E-state index in [9.17, 15) is 9.59 Å². The van der Waals surface area contributed by atoms with Gasteiger partial charge in [0, 0.05) is 39.3 Å². The van der Waals surface area contributed by atoms with Gasteiger partial charge in [-0.05, 0) is 19.1 Å². The molecule has 1 aromatic rings. The van der Waals surface area contributed by atoms with E-state index in [1.807, 2.05) is 6.07 Å². The van der Waals surface area contributed by atoms with Crippen molar-refractivity contribution in [2.45, 2.75) is 6.92 Å². The van der Waals surface area contributed by atoms with E-state index in [2.05, 4.69) is 9.88 Å². The normalized spacial score (nSPS) is 18.2. The number of carbonyl (C=O) groups is 2. The highest BCUT2D eigenvalue weighted by Gasteiger charge is 2.26. The number of aromatic nitrogens is 1. The minimum Gasteiger partial charge on any atom is -0.450 e. The first kappa shape index (κ1) is 17.5. The molecule has 0 spiro atoms. The Hall–Kier alpha value is -2.35.